The Balaban J connectivity index is 1.63. The maximum Gasteiger partial charge on any atom is 0.410 e. The standard InChI is InChI=1S/C18H25FN4O2S/c1-5-23-15(19)13(10-20-23)16-21-14(11-26-16)12-6-8-22(9-7-12)17(24)25-18(2,3)4/h10-12H,5-9H2,1-4H3. The van der Waals surface area contributed by atoms with Crippen LogP contribution in [0.15, 0.2) is 11.6 Å². The van der Waals surface area contributed by atoms with Crippen molar-refractivity contribution in [3.63, 3.8) is 0 Å². The molecule has 1 fully saturated rings. The number of halogens is 1. The van der Waals surface area contributed by atoms with Crippen LogP contribution in [0.25, 0.3) is 10.6 Å². The SMILES string of the molecule is CCn1ncc(-c2nc(C3CCN(C(=O)OC(C)(C)C)CC3)cs2)c1F. The van der Waals surface area contributed by atoms with Gasteiger partial charge >= 0.3 is 6.09 Å². The smallest absolute Gasteiger partial charge is 0.410 e. The first-order valence-corrected chi connectivity index (χ1v) is 9.81. The Bertz CT molecular complexity index is 772. The highest BCUT2D eigenvalue weighted by Crippen LogP contribution is 2.33. The summed E-state index contributed by atoms with van der Waals surface area (Å²) in [5, 5.41) is 6.69. The van der Waals surface area contributed by atoms with Gasteiger partial charge < -0.3 is 9.64 Å². The number of thiazole rings is 1. The zero-order valence-electron chi connectivity index (χ0n) is 15.7. The molecule has 3 heterocycles. The average molecular weight is 380 g/mol. The number of piperidine rings is 1. The van der Waals surface area contributed by atoms with Crippen molar-refractivity contribution in [2.75, 3.05) is 13.1 Å². The Morgan fingerprint density at radius 2 is 2.08 bits per heavy atom. The average Bonchev–Trinajstić information content (AvgIpc) is 3.20. The molecule has 0 aliphatic carbocycles. The molecule has 1 saturated heterocycles. The lowest BCUT2D eigenvalue weighted by atomic mass is 9.94. The van der Waals surface area contributed by atoms with Crippen molar-refractivity contribution in [1.82, 2.24) is 19.7 Å². The first kappa shape index (κ1) is 18.8. The number of rotatable bonds is 3. The van der Waals surface area contributed by atoms with Crippen molar-refractivity contribution in [3.05, 3.63) is 23.2 Å². The van der Waals surface area contributed by atoms with Crippen molar-refractivity contribution in [3.8, 4) is 10.6 Å². The first-order valence-electron chi connectivity index (χ1n) is 8.93. The molecule has 8 heteroatoms. The Morgan fingerprint density at radius 3 is 2.65 bits per heavy atom. The number of nitrogens with zero attached hydrogens (tertiary/aromatic N) is 4. The molecule has 0 N–H and O–H groups in total. The lowest BCUT2D eigenvalue weighted by Crippen LogP contribution is -2.41. The zero-order valence-corrected chi connectivity index (χ0v) is 16.5. The van der Waals surface area contributed by atoms with E-state index < -0.39 is 5.60 Å². The van der Waals surface area contributed by atoms with Crippen LogP contribution in [0.4, 0.5) is 9.18 Å². The molecule has 1 aliphatic rings. The Labute approximate surface area is 157 Å². The van der Waals surface area contributed by atoms with E-state index in [1.54, 1.807) is 4.90 Å². The summed E-state index contributed by atoms with van der Waals surface area (Å²) < 4.78 is 21.0. The summed E-state index contributed by atoms with van der Waals surface area (Å²) in [7, 11) is 0. The highest BCUT2D eigenvalue weighted by molar-refractivity contribution is 7.13. The number of carbonyl (C=O) groups is 1. The molecule has 1 aliphatic heterocycles. The molecular formula is C18H25FN4O2S. The van der Waals surface area contributed by atoms with E-state index in [-0.39, 0.29) is 18.0 Å². The van der Waals surface area contributed by atoms with Crippen LogP contribution < -0.4 is 0 Å². The number of carbonyl (C=O) groups excluding carboxylic acids is 1. The lowest BCUT2D eigenvalue weighted by Gasteiger charge is -2.32. The molecule has 0 unspecified atom stereocenters. The first-order chi connectivity index (χ1) is 12.3. The summed E-state index contributed by atoms with van der Waals surface area (Å²) in [6.45, 7) is 9.25. The predicted octanol–water partition coefficient (Wildman–Crippen LogP) is 4.28. The molecular weight excluding hydrogens is 355 g/mol. The second-order valence-electron chi connectivity index (χ2n) is 7.48. The van der Waals surface area contributed by atoms with Gasteiger partial charge in [-0.05, 0) is 40.5 Å². The van der Waals surface area contributed by atoms with Crippen molar-refractivity contribution in [1.29, 1.82) is 0 Å². The third kappa shape index (κ3) is 4.06. The van der Waals surface area contributed by atoms with E-state index in [9.17, 15) is 9.18 Å². The summed E-state index contributed by atoms with van der Waals surface area (Å²) in [4.78, 5) is 18.5. The quantitative estimate of drug-likeness (QED) is 0.797. The van der Waals surface area contributed by atoms with E-state index in [1.807, 2.05) is 33.1 Å². The zero-order chi connectivity index (χ0) is 18.9. The van der Waals surface area contributed by atoms with Crippen molar-refractivity contribution < 1.29 is 13.9 Å². The number of aromatic nitrogens is 3. The van der Waals surface area contributed by atoms with Crippen molar-refractivity contribution in [2.45, 2.75) is 58.6 Å². The number of ether oxygens (including phenoxy) is 1. The molecule has 0 aromatic carbocycles. The molecule has 0 bridgehead atoms. The van der Waals surface area contributed by atoms with Crippen LogP contribution in [0.5, 0.6) is 0 Å². The van der Waals surface area contributed by atoms with Gasteiger partial charge in [0, 0.05) is 30.9 Å². The summed E-state index contributed by atoms with van der Waals surface area (Å²) in [5.41, 5.74) is 0.942. The van der Waals surface area contributed by atoms with Gasteiger partial charge in [-0.1, -0.05) is 0 Å². The normalized spacial score (nSPS) is 16.1. The topological polar surface area (TPSA) is 60.2 Å². The summed E-state index contributed by atoms with van der Waals surface area (Å²) >= 11 is 1.44. The fourth-order valence-electron chi connectivity index (χ4n) is 3.02. The van der Waals surface area contributed by atoms with Crippen LogP contribution in [0.3, 0.4) is 0 Å². The third-order valence-corrected chi connectivity index (χ3v) is 5.29. The summed E-state index contributed by atoms with van der Waals surface area (Å²) in [6, 6.07) is 0. The second-order valence-corrected chi connectivity index (χ2v) is 8.34. The summed E-state index contributed by atoms with van der Waals surface area (Å²) in [5.74, 6) is -0.0592. The second kappa shape index (κ2) is 7.34. The van der Waals surface area contributed by atoms with Crippen LogP contribution >= 0.6 is 11.3 Å². The maximum absolute atomic E-state index is 14.3. The minimum absolute atomic E-state index is 0.260. The molecule has 0 radical (unpaired) electrons. The summed E-state index contributed by atoms with van der Waals surface area (Å²) in [6.07, 6.45) is 2.94. The van der Waals surface area contributed by atoms with Gasteiger partial charge in [0.2, 0.25) is 5.95 Å². The van der Waals surface area contributed by atoms with Crippen LogP contribution in [0.1, 0.15) is 52.1 Å². The van der Waals surface area contributed by atoms with Gasteiger partial charge in [0.1, 0.15) is 10.6 Å². The monoisotopic (exact) mass is 380 g/mol. The molecule has 0 saturated carbocycles. The molecule has 142 valence electrons. The fraction of sp³-hybridized carbons (Fsp3) is 0.611. The lowest BCUT2D eigenvalue weighted by molar-refractivity contribution is 0.0204. The van der Waals surface area contributed by atoms with Gasteiger partial charge in [0.15, 0.2) is 0 Å². The molecule has 3 rings (SSSR count). The van der Waals surface area contributed by atoms with Gasteiger partial charge in [-0.25, -0.2) is 14.5 Å². The van der Waals surface area contributed by atoms with Gasteiger partial charge in [-0.15, -0.1) is 11.3 Å². The van der Waals surface area contributed by atoms with Gasteiger partial charge in [0.25, 0.3) is 0 Å². The number of hydrogen-bond acceptors (Lipinski definition) is 5. The molecule has 0 spiro atoms. The molecule has 26 heavy (non-hydrogen) atoms. The predicted molar refractivity (Wildman–Crippen MR) is 98.7 cm³/mol. The molecule has 2 aromatic rings. The van der Waals surface area contributed by atoms with E-state index in [1.165, 1.54) is 22.2 Å². The fourth-order valence-corrected chi connectivity index (χ4v) is 3.92. The number of likely N-dealkylation sites (tertiary alicyclic amines) is 1. The number of amides is 1. The molecule has 2 aromatic heterocycles. The van der Waals surface area contributed by atoms with E-state index >= 15 is 0 Å². The van der Waals surface area contributed by atoms with Crippen LogP contribution in [0, 0.1) is 5.95 Å². The minimum atomic E-state index is -0.481. The van der Waals surface area contributed by atoms with Crippen LogP contribution in [-0.2, 0) is 11.3 Å². The highest BCUT2D eigenvalue weighted by Gasteiger charge is 2.28. The van der Waals surface area contributed by atoms with Gasteiger partial charge in [0.05, 0.1) is 17.5 Å². The number of hydrogen-bond donors (Lipinski definition) is 0. The third-order valence-electron chi connectivity index (χ3n) is 4.39. The Morgan fingerprint density at radius 1 is 1.38 bits per heavy atom. The van der Waals surface area contributed by atoms with Crippen molar-refractivity contribution in [2.24, 2.45) is 0 Å². The van der Waals surface area contributed by atoms with E-state index in [0.29, 0.717) is 30.2 Å². The molecule has 6 nitrogen and oxygen atoms in total. The van der Waals surface area contributed by atoms with Crippen LogP contribution in [0.2, 0.25) is 0 Å². The molecule has 1 amide bonds. The van der Waals surface area contributed by atoms with E-state index in [2.05, 4.69) is 10.1 Å². The highest BCUT2D eigenvalue weighted by atomic mass is 32.1. The van der Waals surface area contributed by atoms with Gasteiger partial charge in [-0.2, -0.15) is 9.49 Å². The van der Waals surface area contributed by atoms with E-state index in [4.69, 9.17) is 4.74 Å². The molecule has 0 atom stereocenters. The Kier molecular flexibility index (Phi) is 5.32. The van der Waals surface area contributed by atoms with E-state index in [0.717, 1.165) is 18.5 Å². The minimum Gasteiger partial charge on any atom is -0.444 e. The van der Waals surface area contributed by atoms with Crippen LogP contribution in [-0.4, -0.2) is 44.4 Å². The largest absolute Gasteiger partial charge is 0.444 e. The number of aryl methyl sites for hydroxylation is 1. The maximum atomic E-state index is 14.3. The van der Waals surface area contributed by atoms with Gasteiger partial charge in [-0.3, -0.25) is 0 Å². The Hall–Kier alpha value is -1.96. The van der Waals surface area contributed by atoms with Crippen molar-refractivity contribution >= 4 is 17.4 Å².